The van der Waals surface area contributed by atoms with E-state index in [1.165, 1.54) is 10.9 Å². The van der Waals surface area contributed by atoms with Crippen LogP contribution in [0.1, 0.15) is 46.6 Å². The van der Waals surface area contributed by atoms with Crippen molar-refractivity contribution in [3.8, 4) is 0 Å². The Morgan fingerprint density at radius 2 is 1.68 bits per heavy atom. The molecule has 3 heteroatoms. The first-order valence-corrected chi connectivity index (χ1v) is 8.96. The Hall–Kier alpha value is -2.55. The number of hydrogen-bond donors (Lipinski definition) is 1. The highest BCUT2D eigenvalue weighted by Gasteiger charge is 2.20. The molecule has 0 aliphatic carbocycles. The fourth-order valence-corrected chi connectivity index (χ4v) is 3.65. The molecule has 0 radical (unpaired) electrons. The molecule has 3 rings (SSSR count). The SMILES string of the molecule is CCc1ccc2c(c1)c(C)c(C(=O)Nc1cc(C)cc(C)c1)n2CC. The maximum Gasteiger partial charge on any atom is 0.272 e. The molecule has 0 bridgehead atoms. The smallest absolute Gasteiger partial charge is 0.272 e. The van der Waals surface area contributed by atoms with Gasteiger partial charge in [-0.15, -0.1) is 0 Å². The van der Waals surface area contributed by atoms with Crippen molar-refractivity contribution in [2.24, 2.45) is 0 Å². The number of carbonyl (C=O) groups excluding carboxylic acids is 1. The average Bonchev–Trinajstić information content (AvgIpc) is 2.85. The van der Waals surface area contributed by atoms with E-state index in [1.807, 2.05) is 32.9 Å². The number of hydrogen-bond acceptors (Lipinski definition) is 1. The summed E-state index contributed by atoms with van der Waals surface area (Å²) in [5.74, 6) is -0.0430. The van der Waals surface area contributed by atoms with Gasteiger partial charge in [-0.3, -0.25) is 4.79 Å². The zero-order chi connectivity index (χ0) is 18.1. The molecule has 0 fully saturated rings. The fraction of sp³-hybridized carbons (Fsp3) is 0.318. The third-order valence-corrected chi connectivity index (χ3v) is 4.80. The van der Waals surface area contributed by atoms with Crippen LogP contribution in [0.5, 0.6) is 0 Å². The third-order valence-electron chi connectivity index (χ3n) is 4.80. The summed E-state index contributed by atoms with van der Waals surface area (Å²) < 4.78 is 2.11. The molecule has 0 aliphatic rings. The predicted molar refractivity (Wildman–Crippen MR) is 106 cm³/mol. The Kier molecular flexibility index (Phi) is 4.67. The second kappa shape index (κ2) is 6.75. The molecule has 0 spiro atoms. The molecule has 3 nitrogen and oxygen atoms in total. The van der Waals surface area contributed by atoms with Gasteiger partial charge in [0.25, 0.3) is 5.91 Å². The molecule has 1 heterocycles. The molecule has 0 unspecified atom stereocenters. The minimum absolute atomic E-state index is 0.0430. The summed E-state index contributed by atoms with van der Waals surface area (Å²) in [6, 6.07) is 12.6. The standard InChI is InChI=1S/C22H26N2O/c1-6-17-8-9-20-19(13-17)16(5)21(24(20)7-2)22(25)23-18-11-14(3)10-15(4)12-18/h8-13H,6-7H2,1-5H3,(H,23,25). The number of fused-ring (bicyclic) bond motifs is 1. The number of benzene rings is 2. The molecule has 1 aromatic heterocycles. The predicted octanol–water partition coefficient (Wildman–Crippen LogP) is 5.40. The van der Waals surface area contributed by atoms with Gasteiger partial charge in [0.2, 0.25) is 0 Å². The summed E-state index contributed by atoms with van der Waals surface area (Å²) in [5.41, 5.74) is 7.38. The van der Waals surface area contributed by atoms with Gasteiger partial charge in [0.1, 0.15) is 5.69 Å². The number of amides is 1. The zero-order valence-corrected chi connectivity index (χ0v) is 15.7. The first-order valence-electron chi connectivity index (χ1n) is 8.96. The van der Waals surface area contributed by atoms with Crippen LogP contribution in [0.4, 0.5) is 5.69 Å². The molecule has 130 valence electrons. The van der Waals surface area contributed by atoms with Crippen LogP contribution in [-0.2, 0) is 13.0 Å². The van der Waals surface area contributed by atoms with Gasteiger partial charge in [-0.25, -0.2) is 0 Å². The Bertz CT molecular complexity index is 930. The Morgan fingerprint density at radius 1 is 1.00 bits per heavy atom. The van der Waals surface area contributed by atoms with E-state index in [4.69, 9.17) is 0 Å². The van der Waals surface area contributed by atoms with E-state index in [0.717, 1.165) is 46.6 Å². The van der Waals surface area contributed by atoms with Crippen molar-refractivity contribution in [2.75, 3.05) is 5.32 Å². The number of anilines is 1. The van der Waals surface area contributed by atoms with Gasteiger partial charge in [-0.1, -0.05) is 19.1 Å². The topological polar surface area (TPSA) is 34.0 Å². The average molecular weight is 334 g/mol. The van der Waals surface area contributed by atoms with Crippen molar-refractivity contribution in [1.29, 1.82) is 0 Å². The Labute approximate surface area is 149 Å². The molecule has 25 heavy (non-hydrogen) atoms. The van der Waals surface area contributed by atoms with Gasteiger partial charge >= 0.3 is 0 Å². The first-order chi connectivity index (χ1) is 11.9. The van der Waals surface area contributed by atoms with Crippen molar-refractivity contribution in [3.05, 3.63) is 64.3 Å². The lowest BCUT2D eigenvalue weighted by molar-refractivity contribution is 0.101. The molecular weight excluding hydrogens is 308 g/mol. The Morgan fingerprint density at radius 3 is 2.28 bits per heavy atom. The molecule has 0 saturated carbocycles. The molecule has 3 aromatic rings. The third kappa shape index (κ3) is 3.19. The van der Waals surface area contributed by atoms with Crippen LogP contribution >= 0.6 is 0 Å². The number of rotatable bonds is 4. The second-order valence-corrected chi connectivity index (χ2v) is 6.75. The van der Waals surface area contributed by atoms with Crippen molar-refractivity contribution >= 4 is 22.5 Å². The van der Waals surface area contributed by atoms with E-state index in [-0.39, 0.29) is 5.91 Å². The number of aryl methyl sites for hydroxylation is 5. The van der Waals surface area contributed by atoms with E-state index in [1.54, 1.807) is 0 Å². The van der Waals surface area contributed by atoms with Crippen LogP contribution in [0.25, 0.3) is 10.9 Å². The highest BCUT2D eigenvalue weighted by molar-refractivity contribution is 6.08. The van der Waals surface area contributed by atoms with Crippen LogP contribution in [-0.4, -0.2) is 10.5 Å². The lowest BCUT2D eigenvalue weighted by atomic mass is 10.1. The summed E-state index contributed by atoms with van der Waals surface area (Å²) in [6.45, 7) is 11.1. The molecule has 1 amide bonds. The number of carbonyl (C=O) groups is 1. The van der Waals surface area contributed by atoms with E-state index < -0.39 is 0 Å². The summed E-state index contributed by atoms with van der Waals surface area (Å²) in [4.78, 5) is 13.0. The molecule has 0 aliphatic heterocycles. The van der Waals surface area contributed by atoms with Gasteiger partial charge in [-0.05, 0) is 80.6 Å². The van der Waals surface area contributed by atoms with Gasteiger partial charge in [-0.2, -0.15) is 0 Å². The highest BCUT2D eigenvalue weighted by atomic mass is 16.2. The van der Waals surface area contributed by atoms with Crippen LogP contribution in [0.3, 0.4) is 0 Å². The number of nitrogens with zero attached hydrogens (tertiary/aromatic N) is 1. The first kappa shape index (κ1) is 17.3. The molecule has 2 aromatic carbocycles. The van der Waals surface area contributed by atoms with Crippen LogP contribution in [0.2, 0.25) is 0 Å². The van der Waals surface area contributed by atoms with E-state index >= 15 is 0 Å². The van der Waals surface area contributed by atoms with Gasteiger partial charge in [0, 0.05) is 23.1 Å². The quantitative estimate of drug-likeness (QED) is 0.681. The van der Waals surface area contributed by atoms with E-state index in [0.29, 0.717) is 0 Å². The molecular formula is C22H26N2O. The summed E-state index contributed by atoms with van der Waals surface area (Å²) in [6.07, 6.45) is 0.997. The summed E-state index contributed by atoms with van der Waals surface area (Å²) in [5, 5.41) is 4.26. The largest absolute Gasteiger partial charge is 0.337 e. The van der Waals surface area contributed by atoms with Gasteiger partial charge in [0.15, 0.2) is 0 Å². The monoisotopic (exact) mass is 334 g/mol. The van der Waals surface area contributed by atoms with Crippen molar-refractivity contribution in [3.63, 3.8) is 0 Å². The minimum Gasteiger partial charge on any atom is -0.337 e. The van der Waals surface area contributed by atoms with Gasteiger partial charge in [0.05, 0.1) is 0 Å². The summed E-state index contributed by atoms with van der Waals surface area (Å²) >= 11 is 0. The normalized spacial score (nSPS) is 11.1. The van der Waals surface area contributed by atoms with Crippen molar-refractivity contribution in [1.82, 2.24) is 4.57 Å². The van der Waals surface area contributed by atoms with E-state index in [9.17, 15) is 4.79 Å². The fourth-order valence-electron chi connectivity index (χ4n) is 3.65. The lowest BCUT2D eigenvalue weighted by Crippen LogP contribution is -2.18. The maximum absolute atomic E-state index is 13.0. The van der Waals surface area contributed by atoms with Crippen LogP contribution < -0.4 is 5.32 Å². The molecule has 1 N–H and O–H groups in total. The highest BCUT2D eigenvalue weighted by Crippen LogP contribution is 2.28. The number of aromatic nitrogens is 1. The Balaban J connectivity index is 2.07. The summed E-state index contributed by atoms with van der Waals surface area (Å²) in [7, 11) is 0. The minimum atomic E-state index is -0.0430. The molecule has 0 saturated heterocycles. The van der Waals surface area contributed by atoms with Gasteiger partial charge < -0.3 is 9.88 Å². The lowest BCUT2D eigenvalue weighted by Gasteiger charge is -2.11. The van der Waals surface area contributed by atoms with Crippen LogP contribution in [0, 0.1) is 20.8 Å². The zero-order valence-electron chi connectivity index (χ0n) is 15.7. The molecule has 0 atom stereocenters. The van der Waals surface area contributed by atoms with E-state index in [2.05, 4.69) is 48.0 Å². The second-order valence-electron chi connectivity index (χ2n) is 6.75. The number of nitrogens with one attached hydrogen (secondary N) is 1. The van der Waals surface area contributed by atoms with Crippen molar-refractivity contribution in [2.45, 2.75) is 47.6 Å². The van der Waals surface area contributed by atoms with Crippen molar-refractivity contribution < 1.29 is 4.79 Å². The van der Waals surface area contributed by atoms with Crippen LogP contribution in [0.15, 0.2) is 36.4 Å². The maximum atomic E-state index is 13.0.